The Morgan fingerprint density at radius 3 is 2.29 bits per heavy atom. The Morgan fingerprint density at radius 2 is 1.71 bits per heavy atom. The second-order valence-electron chi connectivity index (χ2n) is 8.65. The number of nitrogens with one attached hydrogen (secondary N) is 2. The van der Waals surface area contributed by atoms with Gasteiger partial charge >= 0.3 is 18.2 Å². The minimum atomic E-state index is -1.04. The maximum Gasteiger partial charge on any atom is 0.412 e. The Balaban J connectivity index is 2.14. The van der Waals surface area contributed by atoms with Crippen LogP contribution >= 0.6 is 0 Å². The van der Waals surface area contributed by atoms with E-state index in [4.69, 9.17) is 14.2 Å². The molecule has 1 unspecified atom stereocenters. The van der Waals surface area contributed by atoms with Crippen molar-refractivity contribution in [3.05, 3.63) is 64.7 Å². The Labute approximate surface area is 199 Å². The molecule has 0 bridgehead atoms. The van der Waals surface area contributed by atoms with Crippen LogP contribution in [0.5, 0.6) is 0 Å². The average Bonchev–Trinajstić information content (AvgIpc) is 2.78. The number of carbonyl (C=O) groups excluding carboxylic acids is 3. The molecule has 0 saturated heterocycles. The topological polar surface area (TPSA) is 123 Å². The van der Waals surface area contributed by atoms with E-state index in [2.05, 4.69) is 10.6 Å². The molecule has 0 spiro atoms. The molecule has 2 aromatic carbocycles. The zero-order valence-corrected chi connectivity index (χ0v) is 20.1. The highest BCUT2D eigenvalue weighted by Gasteiger charge is 2.25. The highest BCUT2D eigenvalue weighted by Crippen LogP contribution is 2.25. The molecule has 0 radical (unpaired) electrons. The number of aliphatic hydroxyl groups excluding tert-OH is 1. The van der Waals surface area contributed by atoms with Crippen LogP contribution in [0.2, 0.25) is 0 Å². The lowest BCUT2D eigenvalue weighted by Crippen LogP contribution is -2.43. The molecule has 2 amide bonds. The van der Waals surface area contributed by atoms with Gasteiger partial charge in [0.05, 0.1) is 13.7 Å². The summed E-state index contributed by atoms with van der Waals surface area (Å²) in [5.41, 5.74) is 2.34. The van der Waals surface area contributed by atoms with E-state index in [0.717, 1.165) is 5.56 Å². The minimum absolute atomic E-state index is 0.0482. The summed E-state index contributed by atoms with van der Waals surface area (Å²) >= 11 is 0. The monoisotopic (exact) mass is 472 g/mol. The Hall–Kier alpha value is -3.59. The largest absolute Gasteiger partial charge is 0.467 e. The van der Waals surface area contributed by atoms with Gasteiger partial charge in [0.25, 0.3) is 0 Å². The number of alkyl carbamates (subject to hydrolysis) is 1. The van der Waals surface area contributed by atoms with Crippen molar-refractivity contribution in [2.75, 3.05) is 12.4 Å². The Morgan fingerprint density at radius 1 is 1.03 bits per heavy atom. The first-order chi connectivity index (χ1) is 16.0. The number of hydrogen-bond donors (Lipinski definition) is 3. The van der Waals surface area contributed by atoms with Crippen molar-refractivity contribution < 1.29 is 33.7 Å². The first kappa shape index (κ1) is 26.7. The summed E-state index contributed by atoms with van der Waals surface area (Å²) in [5, 5.41) is 15.2. The molecule has 0 aromatic heterocycles. The van der Waals surface area contributed by atoms with E-state index >= 15 is 0 Å². The fourth-order valence-corrected chi connectivity index (χ4v) is 3.24. The first-order valence-corrected chi connectivity index (χ1v) is 10.8. The maximum absolute atomic E-state index is 12.3. The van der Waals surface area contributed by atoms with Crippen molar-refractivity contribution in [3.8, 4) is 0 Å². The SMILES string of the molecule is COC(=O)C(Cc1ccc(NC(=O)OC(C)(C)C)c(C)c1CO)NC(=O)OCc1ccccc1. The smallest absolute Gasteiger partial charge is 0.412 e. The molecule has 0 aliphatic rings. The van der Waals surface area contributed by atoms with E-state index in [0.29, 0.717) is 22.4 Å². The lowest BCUT2D eigenvalue weighted by molar-refractivity contribution is -0.143. The standard InChI is InChI=1S/C25H32N2O7/c1-16-19(14-28)18(11-12-20(16)26-24(31)34-25(2,3)4)13-21(22(29)32-5)27-23(30)33-15-17-9-7-6-8-10-17/h6-12,21,28H,13-15H2,1-5H3,(H,26,31)(H,27,30). The second-order valence-corrected chi connectivity index (χ2v) is 8.65. The third-order valence-corrected chi connectivity index (χ3v) is 4.90. The number of benzene rings is 2. The van der Waals surface area contributed by atoms with Crippen LogP contribution in [0, 0.1) is 6.92 Å². The van der Waals surface area contributed by atoms with Gasteiger partial charge in [0.2, 0.25) is 0 Å². The van der Waals surface area contributed by atoms with Crippen LogP contribution in [-0.2, 0) is 38.6 Å². The molecule has 34 heavy (non-hydrogen) atoms. The summed E-state index contributed by atoms with van der Waals surface area (Å²) < 4.78 is 15.3. The summed E-state index contributed by atoms with van der Waals surface area (Å²) in [4.78, 5) is 36.8. The van der Waals surface area contributed by atoms with Crippen molar-refractivity contribution in [3.63, 3.8) is 0 Å². The normalized spacial score (nSPS) is 11.8. The molecule has 0 saturated carbocycles. The summed E-state index contributed by atoms with van der Waals surface area (Å²) in [7, 11) is 1.22. The lowest BCUT2D eigenvalue weighted by Gasteiger charge is -2.22. The fraction of sp³-hybridized carbons (Fsp3) is 0.400. The fourth-order valence-electron chi connectivity index (χ4n) is 3.24. The van der Waals surface area contributed by atoms with E-state index < -0.39 is 29.8 Å². The Kier molecular flexibility index (Phi) is 9.44. The third-order valence-electron chi connectivity index (χ3n) is 4.90. The average molecular weight is 473 g/mol. The molecular formula is C25H32N2O7. The van der Waals surface area contributed by atoms with Crippen LogP contribution in [0.4, 0.5) is 15.3 Å². The summed E-state index contributed by atoms with van der Waals surface area (Å²) in [6.45, 7) is 6.71. The van der Waals surface area contributed by atoms with Crippen molar-refractivity contribution in [2.24, 2.45) is 0 Å². The summed E-state index contributed by atoms with van der Waals surface area (Å²) in [6, 6.07) is 11.4. The van der Waals surface area contributed by atoms with Crippen LogP contribution in [-0.4, -0.2) is 42.0 Å². The van der Waals surface area contributed by atoms with Gasteiger partial charge in [-0.25, -0.2) is 14.4 Å². The van der Waals surface area contributed by atoms with Gasteiger partial charge < -0.3 is 24.6 Å². The zero-order chi connectivity index (χ0) is 25.3. The zero-order valence-electron chi connectivity index (χ0n) is 20.1. The predicted octanol–water partition coefficient (Wildman–Crippen LogP) is 3.84. The molecule has 9 nitrogen and oxygen atoms in total. The quantitative estimate of drug-likeness (QED) is 0.394. The molecule has 9 heteroatoms. The van der Waals surface area contributed by atoms with Gasteiger partial charge in [-0.1, -0.05) is 36.4 Å². The number of hydrogen-bond acceptors (Lipinski definition) is 7. The van der Waals surface area contributed by atoms with E-state index in [1.54, 1.807) is 39.8 Å². The number of amides is 2. The molecule has 3 N–H and O–H groups in total. The van der Waals surface area contributed by atoms with Gasteiger partial charge in [0, 0.05) is 12.1 Å². The molecular weight excluding hydrogens is 440 g/mol. The number of rotatable bonds is 8. The molecule has 0 fully saturated rings. The second kappa shape index (κ2) is 12.0. The van der Waals surface area contributed by atoms with Crippen LogP contribution in [0.3, 0.4) is 0 Å². The number of esters is 1. The van der Waals surface area contributed by atoms with Crippen LogP contribution in [0.25, 0.3) is 0 Å². The first-order valence-electron chi connectivity index (χ1n) is 10.8. The number of ether oxygens (including phenoxy) is 3. The van der Waals surface area contributed by atoms with Crippen molar-refractivity contribution in [1.29, 1.82) is 0 Å². The minimum Gasteiger partial charge on any atom is -0.467 e. The molecule has 2 aromatic rings. The van der Waals surface area contributed by atoms with Gasteiger partial charge in [-0.3, -0.25) is 5.32 Å². The number of anilines is 1. The summed E-state index contributed by atoms with van der Waals surface area (Å²) in [5.74, 6) is -0.658. The highest BCUT2D eigenvalue weighted by atomic mass is 16.6. The predicted molar refractivity (Wildman–Crippen MR) is 126 cm³/mol. The van der Waals surface area contributed by atoms with Gasteiger partial charge in [0.15, 0.2) is 0 Å². The van der Waals surface area contributed by atoms with Crippen LogP contribution < -0.4 is 10.6 Å². The lowest BCUT2D eigenvalue weighted by atomic mass is 9.95. The van der Waals surface area contributed by atoms with Gasteiger partial charge in [-0.05, 0) is 56.0 Å². The van der Waals surface area contributed by atoms with E-state index in [1.165, 1.54) is 7.11 Å². The molecule has 184 valence electrons. The number of aliphatic hydroxyl groups is 1. The van der Waals surface area contributed by atoms with Gasteiger partial charge in [-0.2, -0.15) is 0 Å². The third kappa shape index (κ3) is 8.08. The van der Waals surface area contributed by atoms with Crippen molar-refractivity contribution >= 4 is 23.8 Å². The van der Waals surface area contributed by atoms with Crippen molar-refractivity contribution in [2.45, 2.75) is 59.0 Å². The van der Waals surface area contributed by atoms with Crippen molar-refractivity contribution in [1.82, 2.24) is 5.32 Å². The van der Waals surface area contributed by atoms with Crippen LogP contribution in [0.15, 0.2) is 42.5 Å². The Bertz CT molecular complexity index is 1000. The maximum atomic E-state index is 12.3. The van der Waals surface area contributed by atoms with E-state index in [1.807, 2.05) is 30.3 Å². The summed E-state index contributed by atoms with van der Waals surface area (Å²) in [6.07, 6.45) is -1.34. The number of methoxy groups -OCH3 is 1. The molecule has 2 rings (SSSR count). The van der Waals surface area contributed by atoms with E-state index in [-0.39, 0.29) is 19.6 Å². The van der Waals surface area contributed by atoms with E-state index in [9.17, 15) is 19.5 Å². The highest BCUT2D eigenvalue weighted by molar-refractivity contribution is 5.86. The van der Waals surface area contributed by atoms with Crippen LogP contribution in [0.1, 0.15) is 43.0 Å². The molecule has 1 atom stereocenters. The van der Waals surface area contributed by atoms with Gasteiger partial charge in [-0.15, -0.1) is 0 Å². The molecule has 0 aliphatic heterocycles. The molecule has 0 heterocycles. The number of carbonyl (C=O) groups is 3. The molecule has 0 aliphatic carbocycles. The van der Waals surface area contributed by atoms with Gasteiger partial charge in [0.1, 0.15) is 18.2 Å².